The zero-order chi connectivity index (χ0) is 30.2. The molecule has 3 atom stereocenters. The molecule has 16 heteroatoms. The van der Waals surface area contributed by atoms with Crippen LogP contribution in [0.15, 0.2) is 60.7 Å². The average molecular weight is 732 g/mol. The van der Waals surface area contributed by atoms with Crippen molar-refractivity contribution in [1.29, 1.82) is 0 Å². The first-order valence-electron chi connectivity index (χ1n) is 11.6. The molecule has 2 aromatic rings. The van der Waals surface area contributed by atoms with E-state index in [-0.39, 0.29) is 52.9 Å². The number of para-hydroxylation sites is 2. The lowest BCUT2D eigenvalue weighted by molar-refractivity contribution is -0.149. The minimum Gasteiger partial charge on any atom is -0.462 e. The van der Waals surface area contributed by atoms with E-state index in [1.807, 2.05) is 0 Å². The molecule has 43 heavy (non-hydrogen) atoms. The summed E-state index contributed by atoms with van der Waals surface area (Å²) in [6.45, 7) is 6.50. The van der Waals surface area contributed by atoms with Crippen LogP contribution in [0.3, 0.4) is 0 Å². The fourth-order valence-electron chi connectivity index (χ4n) is 2.21. The van der Waals surface area contributed by atoms with E-state index >= 15 is 0 Å². The van der Waals surface area contributed by atoms with Gasteiger partial charge < -0.3 is 24.3 Å². The van der Waals surface area contributed by atoms with E-state index in [1.165, 1.54) is 6.92 Å². The number of carbonyl (C=O) groups is 2. The van der Waals surface area contributed by atoms with Gasteiger partial charge in [0, 0.05) is 33.7 Å². The molecule has 0 saturated heterocycles. The summed E-state index contributed by atoms with van der Waals surface area (Å²) < 4.78 is 42.2. The zero-order valence-electron chi connectivity index (χ0n) is 22.9. The number of ether oxygens (including phenoxy) is 2. The van der Waals surface area contributed by atoms with Crippen molar-refractivity contribution in [2.75, 3.05) is 0 Å². The summed E-state index contributed by atoms with van der Waals surface area (Å²) in [6, 6.07) is 15.7. The largest absolute Gasteiger partial charge is 0.462 e. The van der Waals surface area contributed by atoms with Crippen LogP contribution in [-0.4, -0.2) is 36.2 Å². The highest BCUT2D eigenvalue weighted by molar-refractivity contribution is 8.05. The number of hydrogen-bond acceptors (Lipinski definition) is 9. The quantitative estimate of drug-likeness (QED) is 0.179. The minimum atomic E-state index is -3.65. The monoisotopic (exact) mass is 730 g/mol. The van der Waals surface area contributed by atoms with Crippen molar-refractivity contribution in [2.45, 2.75) is 88.1 Å². The van der Waals surface area contributed by atoms with Crippen LogP contribution < -0.4 is 19.9 Å². The van der Waals surface area contributed by atoms with Gasteiger partial charge in [-0.25, -0.2) is 14.2 Å². The van der Waals surface area contributed by atoms with Gasteiger partial charge in [-0.2, -0.15) is 0 Å². The molecule has 2 aromatic carbocycles. The number of nitrogens with two attached hydrogens (primary N) is 1. The SMILES string of the molecule is C.C.C.CC(C)OC(=O)[C@H](C)N.CC(C)OC(=O)[C@H](C)NP(=O)(Cl)Oc1ccccc1.Cl.O=P(Cl)(Cl)Oc1ccccc1. The second-order valence-electron chi connectivity index (χ2n) is 8.31. The van der Waals surface area contributed by atoms with E-state index in [4.69, 9.17) is 53.5 Å². The molecule has 3 N–H and O–H groups in total. The maximum atomic E-state index is 12.0. The van der Waals surface area contributed by atoms with Crippen molar-refractivity contribution in [1.82, 2.24) is 5.09 Å². The van der Waals surface area contributed by atoms with Gasteiger partial charge in [-0.15, -0.1) is 12.4 Å². The fraction of sp³-hybridized carbons (Fsp3) is 0.481. The number of esters is 2. The molecule has 0 aliphatic carbocycles. The highest BCUT2D eigenvalue weighted by Crippen LogP contribution is 2.57. The van der Waals surface area contributed by atoms with Crippen LogP contribution in [-0.2, 0) is 28.2 Å². The van der Waals surface area contributed by atoms with Crippen LogP contribution in [0, 0.1) is 0 Å². The van der Waals surface area contributed by atoms with Crippen LogP contribution in [0.25, 0.3) is 0 Å². The molecule has 1 unspecified atom stereocenters. The van der Waals surface area contributed by atoms with Gasteiger partial charge in [0.2, 0.25) is 0 Å². The predicted molar refractivity (Wildman–Crippen MR) is 183 cm³/mol. The molecular weight excluding hydrogens is 684 g/mol. The molecule has 10 nitrogen and oxygen atoms in total. The summed E-state index contributed by atoms with van der Waals surface area (Å²) >= 11 is 16.1. The van der Waals surface area contributed by atoms with E-state index in [0.29, 0.717) is 11.5 Å². The number of benzene rings is 2. The molecule has 0 saturated carbocycles. The van der Waals surface area contributed by atoms with Crippen LogP contribution >= 0.6 is 59.1 Å². The third-order valence-electron chi connectivity index (χ3n) is 3.70. The Balaban J connectivity index is -0.000000174. The van der Waals surface area contributed by atoms with Crippen LogP contribution in [0.4, 0.5) is 0 Å². The van der Waals surface area contributed by atoms with E-state index < -0.39 is 31.0 Å². The van der Waals surface area contributed by atoms with Crippen molar-refractivity contribution in [2.24, 2.45) is 5.73 Å². The van der Waals surface area contributed by atoms with Gasteiger partial charge in [-0.3, -0.25) is 9.59 Å². The summed E-state index contributed by atoms with van der Waals surface area (Å²) in [5, 5.41) is 2.43. The Morgan fingerprint density at radius 3 is 1.35 bits per heavy atom. The Morgan fingerprint density at radius 1 is 0.698 bits per heavy atom. The topological polar surface area (TPSA) is 143 Å². The smallest absolute Gasteiger partial charge is 0.428 e. The highest BCUT2D eigenvalue weighted by Gasteiger charge is 2.28. The molecule has 0 aliphatic rings. The van der Waals surface area contributed by atoms with Crippen molar-refractivity contribution in [3.8, 4) is 11.5 Å². The minimum absolute atomic E-state index is 0. The lowest BCUT2D eigenvalue weighted by Crippen LogP contribution is -2.34. The van der Waals surface area contributed by atoms with Crippen LogP contribution in [0.5, 0.6) is 11.5 Å². The summed E-state index contributed by atoms with van der Waals surface area (Å²) in [6.07, 6.45) is -3.76. The molecule has 0 bridgehead atoms. The highest BCUT2D eigenvalue weighted by atomic mass is 35.9. The van der Waals surface area contributed by atoms with Crippen molar-refractivity contribution >= 4 is 71.0 Å². The van der Waals surface area contributed by atoms with Gasteiger partial charge in [0.15, 0.2) is 0 Å². The third-order valence-corrected chi connectivity index (χ3v) is 6.18. The molecule has 0 aliphatic heterocycles. The number of halogens is 4. The lowest BCUT2D eigenvalue weighted by atomic mass is 10.3. The van der Waals surface area contributed by atoms with Crippen molar-refractivity contribution in [3.63, 3.8) is 0 Å². The Hall–Kier alpha value is -1.48. The Labute approximate surface area is 278 Å². The maximum absolute atomic E-state index is 12.0. The maximum Gasteiger partial charge on any atom is 0.428 e. The second kappa shape index (κ2) is 25.8. The molecule has 0 fully saturated rings. The Bertz CT molecular complexity index is 1090. The number of carbonyl (C=O) groups excluding carboxylic acids is 2. The molecule has 0 spiro atoms. The summed E-state index contributed by atoms with van der Waals surface area (Å²) in [4.78, 5) is 22.2. The van der Waals surface area contributed by atoms with Gasteiger partial charge in [-0.1, -0.05) is 58.7 Å². The summed E-state index contributed by atoms with van der Waals surface area (Å²) in [7, 11) is 0. The van der Waals surface area contributed by atoms with Gasteiger partial charge in [-0.05, 0) is 65.8 Å². The zero-order valence-corrected chi connectivity index (χ0v) is 27.7. The van der Waals surface area contributed by atoms with Crippen LogP contribution in [0.1, 0.15) is 63.8 Å². The summed E-state index contributed by atoms with van der Waals surface area (Å²) in [5.74, 6) is -0.115. The molecule has 0 aromatic heterocycles. The van der Waals surface area contributed by atoms with Gasteiger partial charge >= 0.3 is 24.9 Å². The predicted octanol–water partition coefficient (Wildman–Crippen LogP) is 9.61. The second-order valence-corrected chi connectivity index (χ2v) is 15.2. The number of rotatable bonds is 10. The van der Waals surface area contributed by atoms with Crippen molar-refractivity contribution < 1.29 is 37.2 Å². The molecule has 2 rings (SSSR count). The van der Waals surface area contributed by atoms with Crippen molar-refractivity contribution in [3.05, 3.63) is 60.7 Å². The first-order valence-corrected chi connectivity index (χ1v) is 17.6. The van der Waals surface area contributed by atoms with E-state index in [2.05, 4.69) is 9.61 Å². The van der Waals surface area contributed by atoms with Gasteiger partial charge in [0.1, 0.15) is 23.6 Å². The van der Waals surface area contributed by atoms with Crippen LogP contribution in [0.2, 0.25) is 0 Å². The fourth-order valence-corrected chi connectivity index (χ4v) is 4.74. The summed E-state index contributed by atoms with van der Waals surface area (Å²) in [5.41, 5.74) is 5.21. The first-order chi connectivity index (χ1) is 17.9. The number of hydrogen-bond donors (Lipinski definition) is 2. The standard InChI is InChI=1S/C12H17ClNO4P.C6H5Cl2O2P.C6H13NO2.3CH4.ClH/c1-9(2)17-12(15)10(3)14-19(13,16)18-11-7-5-4-6-8-11;7-11(8,9)10-6-4-2-1-3-5-6;1-4(2)9-6(8)5(3)7;;;;/h4-10H,1-3H3,(H,14,16);1-5H;4-5H,7H2,1-3H3;3*1H4;1H/t10-,19?;;5-;;;;/m0.0..../s1. The van der Waals surface area contributed by atoms with Gasteiger partial charge in [0.05, 0.1) is 12.2 Å². The van der Waals surface area contributed by atoms with E-state index in [1.54, 1.807) is 95.3 Å². The molecular formula is C27H48Cl4N2O8P2. The van der Waals surface area contributed by atoms with E-state index in [9.17, 15) is 18.7 Å². The third kappa shape index (κ3) is 29.0. The molecule has 0 radical (unpaired) electrons. The molecule has 0 amide bonds. The Kier molecular flexibility index (Phi) is 30.7. The normalized spacial score (nSPS) is 12.6. The average Bonchev–Trinajstić information content (AvgIpc) is 2.78. The molecule has 0 heterocycles. The first kappa shape index (κ1) is 51.1. The van der Waals surface area contributed by atoms with Gasteiger partial charge in [0.25, 0.3) is 0 Å². The molecule has 252 valence electrons. The Morgan fingerprint density at radius 2 is 1.05 bits per heavy atom. The number of nitrogens with one attached hydrogen (secondary N) is 1. The lowest BCUT2D eigenvalue weighted by Gasteiger charge is -2.19. The van der Waals surface area contributed by atoms with E-state index in [0.717, 1.165) is 0 Å².